The minimum atomic E-state index is -3.84. The van der Waals surface area contributed by atoms with E-state index in [1.165, 1.54) is 39.8 Å². The van der Waals surface area contributed by atoms with Crippen molar-refractivity contribution in [2.24, 2.45) is 0 Å². The molecule has 0 spiro atoms. The molecule has 0 saturated carbocycles. The zero-order chi connectivity index (χ0) is 22.7. The summed E-state index contributed by atoms with van der Waals surface area (Å²) in [7, 11) is -2.43. The standard InChI is InChI=1S/C22H27N3O5S2/c1-3-10-25(22-23-17-6-4-5-7-19(17)31-22)21(26)16-8-9-18(29-2)20(15-16)32(27,28)24-11-13-30-14-12-24/h3,8-9,15H,1,4-7,10-14H2,2H3. The first-order chi connectivity index (χ1) is 15.5. The lowest BCUT2D eigenvalue weighted by Crippen LogP contribution is -2.40. The average molecular weight is 478 g/mol. The summed E-state index contributed by atoms with van der Waals surface area (Å²) in [5.74, 6) is -0.120. The van der Waals surface area contributed by atoms with Crippen LogP contribution in [-0.4, -0.2) is 63.6 Å². The number of aromatic nitrogens is 1. The normalized spacial score (nSPS) is 16.9. The fourth-order valence-electron chi connectivity index (χ4n) is 3.92. The summed E-state index contributed by atoms with van der Waals surface area (Å²) < 4.78 is 38.5. The first-order valence-electron chi connectivity index (χ1n) is 10.6. The third-order valence-electron chi connectivity index (χ3n) is 5.62. The highest BCUT2D eigenvalue weighted by atomic mass is 32.2. The van der Waals surface area contributed by atoms with Crippen LogP contribution >= 0.6 is 11.3 Å². The number of fused-ring (bicyclic) bond motifs is 1. The second-order valence-corrected chi connectivity index (χ2v) is 10.6. The second kappa shape index (κ2) is 9.70. The molecule has 10 heteroatoms. The smallest absolute Gasteiger partial charge is 0.260 e. The monoisotopic (exact) mass is 477 g/mol. The van der Waals surface area contributed by atoms with E-state index in [4.69, 9.17) is 14.5 Å². The van der Waals surface area contributed by atoms with E-state index in [0.29, 0.717) is 18.3 Å². The minimum absolute atomic E-state index is 0.0234. The van der Waals surface area contributed by atoms with Gasteiger partial charge in [-0.1, -0.05) is 6.08 Å². The SMILES string of the molecule is C=CCN(C(=O)c1ccc(OC)c(S(=O)(=O)N2CCOCC2)c1)c1nc2c(s1)CCCC2. The molecule has 0 radical (unpaired) electrons. The predicted molar refractivity (Wildman–Crippen MR) is 123 cm³/mol. The van der Waals surface area contributed by atoms with E-state index in [1.54, 1.807) is 17.0 Å². The molecule has 2 heterocycles. The summed E-state index contributed by atoms with van der Waals surface area (Å²) in [5, 5.41) is 0.621. The van der Waals surface area contributed by atoms with Crippen LogP contribution < -0.4 is 9.64 Å². The molecular formula is C22H27N3O5S2. The van der Waals surface area contributed by atoms with E-state index in [2.05, 4.69) is 6.58 Å². The molecular weight excluding hydrogens is 450 g/mol. The van der Waals surface area contributed by atoms with Gasteiger partial charge in [-0.3, -0.25) is 9.69 Å². The molecule has 1 amide bonds. The molecule has 1 aromatic heterocycles. The van der Waals surface area contributed by atoms with Gasteiger partial charge in [0.05, 0.1) is 26.0 Å². The molecule has 0 N–H and O–H groups in total. The number of aryl methyl sites for hydroxylation is 2. The highest BCUT2D eigenvalue weighted by Crippen LogP contribution is 2.34. The van der Waals surface area contributed by atoms with Crippen LogP contribution in [-0.2, 0) is 27.6 Å². The van der Waals surface area contributed by atoms with Gasteiger partial charge in [0.15, 0.2) is 5.13 Å². The van der Waals surface area contributed by atoms with Gasteiger partial charge in [-0.05, 0) is 43.9 Å². The maximum absolute atomic E-state index is 13.5. The Bertz CT molecular complexity index is 1080. The number of hydrogen-bond donors (Lipinski definition) is 0. The van der Waals surface area contributed by atoms with Gasteiger partial charge >= 0.3 is 0 Å². The molecule has 4 rings (SSSR count). The summed E-state index contributed by atoms with van der Waals surface area (Å²) in [5.41, 5.74) is 1.32. The quantitative estimate of drug-likeness (QED) is 0.570. The number of thiazole rings is 1. The van der Waals surface area contributed by atoms with Gasteiger partial charge in [-0.25, -0.2) is 13.4 Å². The first kappa shape index (κ1) is 22.9. The molecule has 0 unspecified atom stereocenters. The molecule has 1 fully saturated rings. The average Bonchev–Trinajstić information content (AvgIpc) is 3.26. The first-order valence-corrected chi connectivity index (χ1v) is 12.9. The van der Waals surface area contributed by atoms with Crippen LogP contribution in [0.25, 0.3) is 0 Å². The van der Waals surface area contributed by atoms with Crippen molar-refractivity contribution in [3.63, 3.8) is 0 Å². The molecule has 32 heavy (non-hydrogen) atoms. The molecule has 0 atom stereocenters. The number of hydrogen-bond acceptors (Lipinski definition) is 7. The minimum Gasteiger partial charge on any atom is -0.495 e. The van der Waals surface area contributed by atoms with Crippen molar-refractivity contribution in [1.82, 2.24) is 9.29 Å². The topological polar surface area (TPSA) is 89.0 Å². The predicted octanol–water partition coefficient (Wildman–Crippen LogP) is 2.88. The Balaban J connectivity index is 1.70. The highest BCUT2D eigenvalue weighted by molar-refractivity contribution is 7.89. The molecule has 1 aliphatic carbocycles. The maximum Gasteiger partial charge on any atom is 0.260 e. The van der Waals surface area contributed by atoms with Gasteiger partial charge < -0.3 is 9.47 Å². The number of ether oxygens (including phenoxy) is 2. The summed E-state index contributed by atoms with van der Waals surface area (Å²) in [6.07, 6.45) is 5.78. The Hall–Kier alpha value is -2.27. The number of carbonyl (C=O) groups is 1. The van der Waals surface area contributed by atoms with Gasteiger partial charge in [-0.2, -0.15) is 4.31 Å². The van der Waals surface area contributed by atoms with E-state index in [0.717, 1.165) is 31.4 Å². The lowest BCUT2D eigenvalue weighted by molar-refractivity contribution is 0.0729. The van der Waals surface area contributed by atoms with Crippen molar-refractivity contribution in [2.45, 2.75) is 30.6 Å². The molecule has 2 aromatic rings. The van der Waals surface area contributed by atoms with Crippen LogP contribution in [0.2, 0.25) is 0 Å². The Kier molecular flexibility index (Phi) is 6.94. The maximum atomic E-state index is 13.5. The summed E-state index contributed by atoms with van der Waals surface area (Å²) >= 11 is 1.53. The number of benzene rings is 1. The van der Waals surface area contributed by atoms with Crippen molar-refractivity contribution in [1.29, 1.82) is 0 Å². The van der Waals surface area contributed by atoms with Crippen LogP contribution in [0.1, 0.15) is 33.8 Å². The van der Waals surface area contributed by atoms with Crippen molar-refractivity contribution in [3.8, 4) is 5.75 Å². The second-order valence-electron chi connectivity index (χ2n) is 7.66. The van der Waals surface area contributed by atoms with Gasteiger partial charge in [-0.15, -0.1) is 17.9 Å². The Morgan fingerprint density at radius 3 is 2.75 bits per heavy atom. The summed E-state index contributed by atoms with van der Waals surface area (Å²) in [6.45, 7) is 5.25. The van der Waals surface area contributed by atoms with Crippen molar-refractivity contribution in [2.75, 3.05) is 44.9 Å². The fourth-order valence-corrected chi connectivity index (χ4v) is 6.67. The number of rotatable bonds is 7. The number of anilines is 1. The van der Waals surface area contributed by atoms with E-state index in [9.17, 15) is 13.2 Å². The molecule has 1 saturated heterocycles. The van der Waals surface area contributed by atoms with Crippen LogP contribution in [0.4, 0.5) is 5.13 Å². The summed E-state index contributed by atoms with van der Waals surface area (Å²) in [4.78, 5) is 20.9. The summed E-state index contributed by atoms with van der Waals surface area (Å²) in [6, 6.07) is 4.51. The van der Waals surface area contributed by atoms with Crippen LogP contribution in [0.5, 0.6) is 5.75 Å². The third kappa shape index (κ3) is 4.45. The fraction of sp³-hybridized carbons (Fsp3) is 0.455. The van der Waals surface area contributed by atoms with E-state index >= 15 is 0 Å². The Morgan fingerprint density at radius 2 is 2.06 bits per heavy atom. The molecule has 2 aliphatic rings. The van der Waals surface area contributed by atoms with Crippen molar-refractivity contribution in [3.05, 3.63) is 47.0 Å². The lowest BCUT2D eigenvalue weighted by Gasteiger charge is -2.27. The molecule has 1 aliphatic heterocycles. The van der Waals surface area contributed by atoms with Crippen molar-refractivity contribution < 1.29 is 22.7 Å². The van der Waals surface area contributed by atoms with Crippen molar-refractivity contribution >= 4 is 32.4 Å². The Morgan fingerprint density at radius 1 is 1.31 bits per heavy atom. The third-order valence-corrected chi connectivity index (χ3v) is 8.72. The number of sulfonamides is 1. The number of morpholine rings is 1. The van der Waals surface area contributed by atoms with Gasteiger partial charge in [0.2, 0.25) is 10.0 Å². The van der Waals surface area contributed by atoms with E-state index in [-0.39, 0.29) is 41.7 Å². The van der Waals surface area contributed by atoms with E-state index in [1.807, 2.05) is 0 Å². The molecule has 8 nitrogen and oxygen atoms in total. The van der Waals surface area contributed by atoms with Gasteiger partial charge in [0.1, 0.15) is 10.6 Å². The largest absolute Gasteiger partial charge is 0.495 e. The van der Waals surface area contributed by atoms with E-state index < -0.39 is 10.0 Å². The number of methoxy groups -OCH3 is 1. The van der Waals surface area contributed by atoms with Gasteiger partial charge in [0.25, 0.3) is 5.91 Å². The number of amides is 1. The lowest BCUT2D eigenvalue weighted by atomic mass is 10.0. The van der Waals surface area contributed by atoms with Gasteiger partial charge in [0, 0.05) is 30.1 Å². The van der Waals surface area contributed by atoms with Crippen LogP contribution in [0.3, 0.4) is 0 Å². The number of carbonyl (C=O) groups excluding carboxylic acids is 1. The number of nitrogens with zero attached hydrogens (tertiary/aromatic N) is 3. The Labute approximate surface area is 192 Å². The zero-order valence-corrected chi connectivity index (χ0v) is 19.7. The molecule has 1 aromatic carbocycles. The molecule has 0 bridgehead atoms. The highest BCUT2D eigenvalue weighted by Gasteiger charge is 2.31. The van der Waals surface area contributed by atoms with Crippen LogP contribution in [0, 0.1) is 0 Å². The van der Waals surface area contributed by atoms with Crippen LogP contribution in [0.15, 0.2) is 35.7 Å². The molecule has 172 valence electrons. The zero-order valence-electron chi connectivity index (χ0n) is 18.1.